The van der Waals surface area contributed by atoms with E-state index in [1.54, 1.807) is 7.05 Å². The summed E-state index contributed by atoms with van der Waals surface area (Å²) in [6.07, 6.45) is 7.04. The Morgan fingerprint density at radius 1 is 1.40 bits per heavy atom. The van der Waals surface area contributed by atoms with E-state index in [0.29, 0.717) is 6.54 Å². The molecular formula is C17H29F2N5O. The van der Waals surface area contributed by atoms with E-state index in [1.165, 1.54) is 43.2 Å². The van der Waals surface area contributed by atoms with E-state index in [4.69, 9.17) is 0 Å². The number of likely N-dealkylation sites (tertiary alicyclic amines) is 1. The molecule has 0 spiro atoms. The number of piperidine rings is 1. The number of unbranched alkanes of at least 4 members (excludes halogenated alkanes) is 1. The number of nitrogens with zero attached hydrogens (tertiary/aromatic N) is 4. The van der Waals surface area contributed by atoms with Gasteiger partial charge in [0.15, 0.2) is 0 Å². The van der Waals surface area contributed by atoms with Crippen molar-refractivity contribution >= 4 is 6.03 Å². The van der Waals surface area contributed by atoms with Gasteiger partial charge in [-0.1, -0.05) is 6.92 Å². The van der Waals surface area contributed by atoms with E-state index in [-0.39, 0.29) is 18.4 Å². The van der Waals surface area contributed by atoms with Crippen LogP contribution in [0.2, 0.25) is 0 Å². The number of urea groups is 1. The topological polar surface area (TPSA) is 53.4 Å². The first-order valence-corrected chi connectivity index (χ1v) is 8.98. The average molecular weight is 357 g/mol. The highest BCUT2D eigenvalue weighted by molar-refractivity contribution is 5.73. The third-order valence-corrected chi connectivity index (χ3v) is 4.74. The monoisotopic (exact) mass is 357 g/mol. The van der Waals surface area contributed by atoms with E-state index in [1.807, 2.05) is 0 Å². The van der Waals surface area contributed by atoms with Crippen LogP contribution in [0.1, 0.15) is 45.0 Å². The van der Waals surface area contributed by atoms with Crippen LogP contribution in [0, 0.1) is 5.92 Å². The Balaban J connectivity index is 1.60. The number of aromatic nitrogens is 2. The predicted octanol–water partition coefficient (Wildman–Crippen LogP) is 2.93. The molecule has 1 aromatic heterocycles. The van der Waals surface area contributed by atoms with Crippen LogP contribution in [0.4, 0.5) is 13.6 Å². The Kier molecular flexibility index (Phi) is 7.61. The Morgan fingerprint density at radius 2 is 2.12 bits per heavy atom. The number of nitrogens with one attached hydrogen (secondary N) is 1. The van der Waals surface area contributed by atoms with Gasteiger partial charge in [0.2, 0.25) is 0 Å². The molecule has 142 valence electrons. The Labute approximate surface area is 148 Å². The molecule has 0 unspecified atom stereocenters. The molecule has 2 amide bonds. The van der Waals surface area contributed by atoms with Gasteiger partial charge in [-0.2, -0.15) is 8.78 Å². The lowest BCUT2D eigenvalue weighted by atomic mass is 9.99. The number of amides is 2. The van der Waals surface area contributed by atoms with Crippen molar-refractivity contribution in [1.29, 1.82) is 0 Å². The highest BCUT2D eigenvalue weighted by Crippen LogP contribution is 2.16. The van der Waals surface area contributed by atoms with Gasteiger partial charge in [0, 0.05) is 26.0 Å². The Hall–Kier alpha value is -1.70. The number of carbonyl (C=O) groups excluding carboxylic acids is 1. The van der Waals surface area contributed by atoms with Crippen LogP contribution in [0.3, 0.4) is 0 Å². The minimum absolute atomic E-state index is 0.0507. The smallest absolute Gasteiger partial charge is 0.319 e. The van der Waals surface area contributed by atoms with Gasteiger partial charge in [0.05, 0.1) is 6.54 Å². The fourth-order valence-electron chi connectivity index (χ4n) is 3.00. The normalized spacial score (nSPS) is 16.4. The van der Waals surface area contributed by atoms with Crippen LogP contribution < -0.4 is 5.32 Å². The number of carbonyl (C=O) groups is 1. The summed E-state index contributed by atoms with van der Waals surface area (Å²) in [5.41, 5.74) is 0. The van der Waals surface area contributed by atoms with E-state index >= 15 is 0 Å². The lowest BCUT2D eigenvalue weighted by molar-refractivity contribution is 0.0651. The van der Waals surface area contributed by atoms with Crippen molar-refractivity contribution in [3.63, 3.8) is 0 Å². The second-order valence-electron chi connectivity index (χ2n) is 6.85. The molecule has 0 saturated carbocycles. The quantitative estimate of drug-likeness (QED) is 0.728. The van der Waals surface area contributed by atoms with Gasteiger partial charge in [-0.25, -0.2) is 9.78 Å². The zero-order chi connectivity index (χ0) is 18.2. The summed E-state index contributed by atoms with van der Waals surface area (Å²) in [6.45, 7) is 3.72. The van der Waals surface area contributed by atoms with Gasteiger partial charge in [0.1, 0.15) is 5.82 Å². The highest BCUT2D eigenvalue weighted by atomic mass is 19.3. The molecule has 1 aliphatic rings. The maximum Gasteiger partial charge on any atom is 0.319 e. The zero-order valence-corrected chi connectivity index (χ0v) is 15.1. The molecule has 1 saturated heterocycles. The maximum absolute atomic E-state index is 12.8. The predicted molar refractivity (Wildman–Crippen MR) is 92.4 cm³/mol. The number of hydrogen-bond acceptors (Lipinski definition) is 3. The molecule has 2 heterocycles. The number of imidazole rings is 1. The molecule has 2 rings (SSSR count). The molecule has 0 atom stereocenters. The first kappa shape index (κ1) is 19.6. The molecule has 1 fully saturated rings. The van der Waals surface area contributed by atoms with E-state index in [9.17, 15) is 13.6 Å². The summed E-state index contributed by atoms with van der Waals surface area (Å²) in [5.74, 6) is 1.01. The molecular weight excluding hydrogens is 328 g/mol. The minimum atomic E-state index is -2.65. The first-order valence-electron chi connectivity index (χ1n) is 8.98. The summed E-state index contributed by atoms with van der Waals surface area (Å²) in [7, 11) is 1.58. The van der Waals surface area contributed by atoms with Crippen molar-refractivity contribution in [3.05, 3.63) is 18.2 Å². The highest BCUT2D eigenvalue weighted by Gasteiger charge is 2.16. The standard InChI is InChI=1S/C17H29F2N5O/c1-14-5-10-23(11-6-14)9-4-3-7-21-17(25)22(2)13-15-20-8-12-24(15)16(18)19/h8,12,14,16H,3-7,9-11,13H2,1-2H3,(H,21,25). The lowest BCUT2D eigenvalue weighted by Gasteiger charge is -2.30. The summed E-state index contributed by atoms with van der Waals surface area (Å²) in [4.78, 5) is 19.8. The first-order chi connectivity index (χ1) is 12.0. The van der Waals surface area contributed by atoms with E-state index < -0.39 is 6.55 Å². The summed E-state index contributed by atoms with van der Waals surface area (Å²) >= 11 is 0. The van der Waals surface area contributed by atoms with Crippen LogP contribution in [0.15, 0.2) is 12.4 Å². The SMILES string of the molecule is CC1CCN(CCCCNC(=O)N(C)Cc2nccn2C(F)F)CC1. The second kappa shape index (κ2) is 9.70. The fraction of sp³-hybridized carbons (Fsp3) is 0.765. The lowest BCUT2D eigenvalue weighted by Crippen LogP contribution is -2.38. The number of rotatable bonds is 8. The van der Waals surface area contributed by atoms with Gasteiger partial charge < -0.3 is 15.1 Å². The molecule has 1 N–H and O–H groups in total. The van der Waals surface area contributed by atoms with Crippen molar-refractivity contribution in [1.82, 2.24) is 24.7 Å². The van der Waals surface area contributed by atoms with Crippen LogP contribution in [-0.4, -0.2) is 58.6 Å². The summed E-state index contributed by atoms with van der Waals surface area (Å²) < 4.78 is 26.3. The molecule has 0 aliphatic carbocycles. The van der Waals surface area contributed by atoms with Crippen LogP contribution >= 0.6 is 0 Å². The number of halogens is 2. The van der Waals surface area contributed by atoms with Crippen molar-refractivity contribution in [2.45, 2.75) is 45.7 Å². The van der Waals surface area contributed by atoms with E-state index in [0.717, 1.165) is 29.9 Å². The van der Waals surface area contributed by atoms with Crippen molar-refractivity contribution in [2.24, 2.45) is 5.92 Å². The third-order valence-electron chi connectivity index (χ3n) is 4.74. The van der Waals surface area contributed by atoms with Crippen LogP contribution in [-0.2, 0) is 6.54 Å². The Morgan fingerprint density at radius 3 is 2.80 bits per heavy atom. The summed E-state index contributed by atoms with van der Waals surface area (Å²) in [6, 6.07) is -0.268. The summed E-state index contributed by atoms with van der Waals surface area (Å²) in [5, 5.41) is 2.83. The molecule has 0 radical (unpaired) electrons. The van der Waals surface area contributed by atoms with E-state index in [2.05, 4.69) is 22.1 Å². The van der Waals surface area contributed by atoms with Gasteiger partial charge in [-0.15, -0.1) is 0 Å². The average Bonchev–Trinajstić information content (AvgIpc) is 3.04. The number of alkyl halides is 2. The molecule has 8 heteroatoms. The molecule has 1 aliphatic heterocycles. The van der Waals surface area contributed by atoms with Crippen molar-refractivity contribution in [3.8, 4) is 0 Å². The van der Waals surface area contributed by atoms with Crippen molar-refractivity contribution < 1.29 is 13.6 Å². The van der Waals surface area contributed by atoms with Gasteiger partial charge in [-0.3, -0.25) is 4.57 Å². The maximum atomic E-state index is 12.8. The Bertz CT molecular complexity index is 529. The van der Waals surface area contributed by atoms with Crippen LogP contribution in [0.5, 0.6) is 0 Å². The van der Waals surface area contributed by atoms with Gasteiger partial charge >= 0.3 is 12.6 Å². The van der Waals surface area contributed by atoms with Gasteiger partial charge in [0.25, 0.3) is 0 Å². The number of hydrogen-bond donors (Lipinski definition) is 1. The zero-order valence-electron chi connectivity index (χ0n) is 15.1. The van der Waals surface area contributed by atoms with Crippen molar-refractivity contribution in [2.75, 3.05) is 33.2 Å². The fourth-order valence-corrected chi connectivity index (χ4v) is 3.00. The minimum Gasteiger partial charge on any atom is -0.338 e. The molecule has 0 bridgehead atoms. The molecule has 1 aromatic rings. The molecule has 6 nitrogen and oxygen atoms in total. The third kappa shape index (κ3) is 6.26. The molecule has 0 aromatic carbocycles. The molecule has 25 heavy (non-hydrogen) atoms. The van der Waals surface area contributed by atoms with Gasteiger partial charge in [-0.05, 0) is 51.2 Å². The second-order valence-corrected chi connectivity index (χ2v) is 6.85. The largest absolute Gasteiger partial charge is 0.338 e. The van der Waals surface area contributed by atoms with Crippen LogP contribution in [0.25, 0.3) is 0 Å².